The van der Waals surface area contributed by atoms with Gasteiger partial charge in [-0.1, -0.05) is 0 Å². The molecule has 0 aromatic heterocycles. The maximum absolute atomic E-state index is 11.4. The molecule has 0 atom stereocenters. The van der Waals surface area contributed by atoms with Gasteiger partial charge in [-0.2, -0.15) is 0 Å². The van der Waals surface area contributed by atoms with Crippen molar-refractivity contribution in [3.05, 3.63) is 24.3 Å². The Kier molecular flexibility index (Phi) is 6.31. The van der Waals surface area contributed by atoms with Gasteiger partial charge in [0.15, 0.2) is 0 Å². The molecule has 0 fully saturated rings. The van der Waals surface area contributed by atoms with E-state index in [1.54, 1.807) is 24.3 Å². The summed E-state index contributed by atoms with van der Waals surface area (Å²) < 4.78 is 0. The van der Waals surface area contributed by atoms with E-state index in [0.717, 1.165) is 0 Å². The van der Waals surface area contributed by atoms with Crippen molar-refractivity contribution in [1.82, 2.24) is 5.32 Å². The van der Waals surface area contributed by atoms with Crippen molar-refractivity contribution < 1.29 is 14.7 Å². The van der Waals surface area contributed by atoms with Gasteiger partial charge in [-0.25, -0.2) is 9.79 Å². The highest BCUT2D eigenvalue weighted by atomic mass is 35.5. The van der Waals surface area contributed by atoms with Crippen molar-refractivity contribution in [3.8, 4) is 0 Å². The van der Waals surface area contributed by atoms with E-state index in [2.05, 4.69) is 15.6 Å². The molecule has 0 unspecified atom stereocenters. The molecule has 0 spiro atoms. The molecule has 5 N–H and O–H groups in total. The maximum Gasteiger partial charge on any atom is 0.319 e. The second kappa shape index (κ2) is 8.00. The summed E-state index contributed by atoms with van der Waals surface area (Å²) in [4.78, 5) is 25.7. The fourth-order valence-corrected chi connectivity index (χ4v) is 1.33. The van der Waals surface area contributed by atoms with Gasteiger partial charge in [0, 0.05) is 12.2 Å². The van der Waals surface area contributed by atoms with E-state index in [-0.39, 0.29) is 18.8 Å². The number of carbonyl (C=O) groups excluding carboxylic acids is 1. The van der Waals surface area contributed by atoms with Gasteiger partial charge in [0.25, 0.3) is 0 Å². The number of amides is 2. The molecule has 1 rings (SSSR count). The second-order valence-electron chi connectivity index (χ2n) is 3.81. The van der Waals surface area contributed by atoms with Crippen LogP contribution in [-0.2, 0) is 4.79 Å². The molecule has 0 saturated heterocycles. The number of benzene rings is 1. The van der Waals surface area contributed by atoms with Gasteiger partial charge >= 0.3 is 12.0 Å². The minimum atomic E-state index is -0.968. The zero-order valence-electron chi connectivity index (χ0n) is 10.6. The van der Waals surface area contributed by atoms with E-state index in [9.17, 15) is 9.59 Å². The first-order valence-corrected chi connectivity index (χ1v) is 6.30. The number of carboxylic acids is 1. The number of anilines is 1. The summed E-state index contributed by atoms with van der Waals surface area (Å²) in [5.74, 6) is -0.519. The number of rotatable bonds is 6. The number of amidine groups is 1. The van der Waals surface area contributed by atoms with Crippen LogP contribution in [0, 0.1) is 0 Å². The van der Waals surface area contributed by atoms with Gasteiger partial charge in [0.1, 0.15) is 5.84 Å². The summed E-state index contributed by atoms with van der Waals surface area (Å²) in [5, 5.41) is 13.4. The van der Waals surface area contributed by atoms with Crippen LogP contribution in [-0.4, -0.2) is 35.4 Å². The highest BCUT2D eigenvalue weighted by molar-refractivity contribution is 6.28. The van der Waals surface area contributed by atoms with Crippen LogP contribution < -0.4 is 16.4 Å². The largest absolute Gasteiger partial charge is 0.481 e. The van der Waals surface area contributed by atoms with E-state index >= 15 is 0 Å². The molecular formula is C12H15ClN4O3. The van der Waals surface area contributed by atoms with E-state index in [1.807, 2.05) is 0 Å². The summed E-state index contributed by atoms with van der Waals surface area (Å²) in [5.41, 5.74) is 6.68. The van der Waals surface area contributed by atoms with Crippen LogP contribution in [0.25, 0.3) is 0 Å². The molecule has 0 radical (unpaired) electrons. The molecule has 7 nitrogen and oxygen atoms in total. The Morgan fingerprint density at radius 2 is 1.95 bits per heavy atom. The summed E-state index contributed by atoms with van der Waals surface area (Å²) in [6.45, 7) is 0.0653. The van der Waals surface area contributed by atoms with Crippen molar-refractivity contribution in [2.45, 2.75) is 6.42 Å². The lowest BCUT2D eigenvalue weighted by Crippen LogP contribution is -2.30. The third-order valence-electron chi connectivity index (χ3n) is 2.16. The van der Waals surface area contributed by atoms with Gasteiger partial charge in [0.2, 0.25) is 0 Å². The highest BCUT2D eigenvalue weighted by Gasteiger charge is 2.03. The number of nitrogens with zero attached hydrogens (tertiary/aromatic N) is 1. The quantitative estimate of drug-likeness (QED) is 0.362. The van der Waals surface area contributed by atoms with Gasteiger partial charge in [0.05, 0.1) is 18.0 Å². The Hall–Kier alpha value is -2.28. The normalized spacial score (nSPS) is 10.9. The third-order valence-corrected chi connectivity index (χ3v) is 2.43. The monoisotopic (exact) mass is 298 g/mol. The third kappa shape index (κ3) is 6.05. The molecule has 0 saturated carbocycles. The van der Waals surface area contributed by atoms with Crippen LogP contribution in [0.5, 0.6) is 0 Å². The van der Waals surface area contributed by atoms with E-state index in [4.69, 9.17) is 22.4 Å². The number of hydrogen-bond donors (Lipinski definition) is 4. The Labute approximate surface area is 120 Å². The molecule has 8 heteroatoms. The molecule has 20 heavy (non-hydrogen) atoms. The van der Waals surface area contributed by atoms with Crippen LogP contribution in [0.15, 0.2) is 29.3 Å². The molecule has 0 bridgehead atoms. The first-order chi connectivity index (χ1) is 9.51. The summed E-state index contributed by atoms with van der Waals surface area (Å²) >= 11 is 5.51. The fourth-order valence-electron chi connectivity index (χ4n) is 1.27. The Morgan fingerprint density at radius 3 is 2.50 bits per heavy atom. The standard InChI is InChI=1S/C12H15ClN4O3/c13-7-10(14)16-8-1-3-9(4-2-8)17-12(20)15-6-5-11(18)19/h1-4H,5-7H2,(H2,14,16)(H,18,19)(H2,15,17,20). The molecule has 2 amide bonds. The van der Waals surface area contributed by atoms with Crippen LogP contribution in [0.1, 0.15) is 6.42 Å². The number of alkyl halides is 1. The van der Waals surface area contributed by atoms with Gasteiger partial charge in [-0.05, 0) is 24.3 Å². The molecule has 108 valence electrons. The maximum atomic E-state index is 11.4. The summed E-state index contributed by atoms with van der Waals surface area (Å²) in [6, 6.07) is 6.18. The minimum Gasteiger partial charge on any atom is -0.481 e. The van der Waals surface area contributed by atoms with Crippen molar-refractivity contribution in [3.63, 3.8) is 0 Å². The number of hydrogen-bond acceptors (Lipinski definition) is 3. The number of nitrogens with one attached hydrogen (secondary N) is 2. The lowest BCUT2D eigenvalue weighted by atomic mass is 10.3. The van der Waals surface area contributed by atoms with Crippen molar-refractivity contribution in [1.29, 1.82) is 0 Å². The Morgan fingerprint density at radius 1 is 1.30 bits per heavy atom. The van der Waals surface area contributed by atoms with E-state index < -0.39 is 12.0 Å². The van der Waals surface area contributed by atoms with E-state index in [0.29, 0.717) is 17.2 Å². The number of carbonyl (C=O) groups is 2. The summed E-state index contributed by atoms with van der Waals surface area (Å²) in [6.07, 6.45) is -0.126. The van der Waals surface area contributed by atoms with Gasteiger partial charge < -0.3 is 21.5 Å². The molecule has 0 aliphatic heterocycles. The first-order valence-electron chi connectivity index (χ1n) is 5.77. The van der Waals surface area contributed by atoms with Crippen molar-refractivity contribution in [2.24, 2.45) is 10.7 Å². The van der Waals surface area contributed by atoms with Crippen molar-refractivity contribution >= 4 is 40.8 Å². The number of aliphatic imine (C=N–C) groups is 1. The molecule has 0 aliphatic carbocycles. The lowest BCUT2D eigenvalue weighted by Gasteiger charge is -2.06. The minimum absolute atomic E-state index is 0.0653. The van der Waals surface area contributed by atoms with E-state index in [1.165, 1.54) is 0 Å². The molecule has 0 heterocycles. The number of urea groups is 1. The van der Waals surface area contributed by atoms with Gasteiger partial charge in [-0.15, -0.1) is 11.6 Å². The summed E-state index contributed by atoms with van der Waals surface area (Å²) in [7, 11) is 0. The van der Waals surface area contributed by atoms with Crippen LogP contribution in [0.4, 0.5) is 16.2 Å². The SMILES string of the molecule is NC(CCl)=Nc1ccc(NC(=O)NCCC(=O)O)cc1. The smallest absolute Gasteiger partial charge is 0.319 e. The Balaban J connectivity index is 2.49. The number of aliphatic carboxylic acids is 1. The van der Waals surface area contributed by atoms with Crippen LogP contribution in [0.3, 0.4) is 0 Å². The number of nitrogens with two attached hydrogens (primary N) is 1. The Bertz CT molecular complexity index is 502. The first kappa shape index (κ1) is 15.8. The second-order valence-corrected chi connectivity index (χ2v) is 4.08. The zero-order valence-corrected chi connectivity index (χ0v) is 11.4. The van der Waals surface area contributed by atoms with Gasteiger partial charge in [-0.3, -0.25) is 4.79 Å². The number of carboxylic acid groups (broad SMARTS) is 1. The average Bonchev–Trinajstić information content (AvgIpc) is 2.40. The fraction of sp³-hybridized carbons (Fsp3) is 0.250. The molecule has 0 aliphatic rings. The number of halogens is 1. The predicted octanol–water partition coefficient (Wildman–Crippen LogP) is 1.51. The van der Waals surface area contributed by atoms with Crippen LogP contribution in [0.2, 0.25) is 0 Å². The molecule has 1 aromatic carbocycles. The topological polar surface area (TPSA) is 117 Å². The van der Waals surface area contributed by atoms with Crippen molar-refractivity contribution in [2.75, 3.05) is 17.7 Å². The predicted molar refractivity (Wildman–Crippen MR) is 77.7 cm³/mol. The highest BCUT2D eigenvalue weighted by Crippen LogP contribution is 2.16. The van der Waals surface area contributed by atoms with Crippen LogP contribution >= 0.6 is 11.6 Å². The zero-order chi connectivity index (χ0) is 15.0. The average molecular weight is 299 g/mol. The lowest BCUT2D eigenvalue weighted by molar-refractivity contribution is -0.136. The molecular weight excluding hydrogens is 284 g/mol. The molecule has 1 aromatic rings.